The molecule has 21 heavy (non-hydrogen) atoms. The zero-order valence-corrected chi connectivity index (χ0v) is 13.3. The first-order valence-electron chi connectivity index (χ1n) is 7.82. The zero-order chi connectivity index (χ0) is 14.8. The second-order valence-electron chi connectivity index (χ2n) is 6.01. The second kappa shape index (κ2) is 6.12. The van der Waals surface area contributed by atoms with E-state index in [4.69, 9.17) is 9.72 Å². The van der Waals surface area contributed by atoms with Gasteiger partial charge in [-0.25, -0.2) is 0 Å². The molecule has 0 fully saturated rings. The summed E-state index contributed by atoms with van der Waals surface area (Å²) in [6.45, 7) is 6.91. The Hall–Kier alpha value is -1.45. The fraction of sp³-hybridized carbons (Fsp3) is 0.500. The van der Waals surface area contributed by atoms with Gasteiger partial charge in [-0.15, -0.1) is 0 Å². The summed E-state index contributed by atoms with van der Waals surface area (Å²) in [5.41, 5.74) is 8.06. The zero-order valence-electron chi connectivity index (χ0n) is 13.3. The molecule has 3 nitrogen and oxygen atoms in total. The minimum absolute atomic E-state index is 0.753. The molecule has 2 aromatic rings. The second-order valence-corrected chi connectivity index (χ2v) is 6.01. The van der Waals surface area contributed by atoms with Crippen LogP contribution in [-0.4, -0.2) is 25.2 Å². The third kappa shape index (κ3) is 2.81. The van der Waals surface area contributed by atoms with E-state index in [0.717, 1.165) is 31.6 Å². The van der Waals surface area contributed by atoms with Crippen molar-refractivity contribution in [1.82, 2.24) is 10.3 Å². The number of aryl methyl sites for hydroxylation is 3. The van der Waals surface area contributed by atoms with Gasteiger partial charge in [-0.1, -0.05) is 6.07 Å². The Bertz CT molecular complexity index is 664. The normalized spacial score (nSPS) is 13.9. The van der Waals surface area contributed by atoms with Crippen LogP contribution in [0.4, 0.5) is 0 Å². The number of nitrogens with one attached hydrogen (secondary N) is 1. The molecule has 0 radical (unpaired) electrons. The van der Waals surface area contributed by atoms with Crippen molar-refractivity contribution < 1.29 is 4.74 Å². The van der Waals surface area contributed by atoms with Crippen LogP contribution in [-0.2, 0) is 24.1 Å². The lowest BCUT2D eigenvalue weighted by atomic mass is 9.96. The van der Waals surface area contributed by atoms with Gasteiger partial charge in [0, 0.05) is 31.3 Å². The van der Waals surface area contributed by atoms with Crippen LogP contribution in [0.15, 0.2) is 12.1 Å². The molecule has 1 aromatic carbocycles. The number of benzene rings is 1. The summed E-state index contributed by atoms with van der Waals surface area (Å²) in [5.74, 6) is 0. The monoisotopic (exact) mass is 284 g/mol. The van der Waals surface area contributed by atoms with E-state index in [1.807, 2.05) is 0 Å². The minimum atomic E-state index is 0.753. The fourth-order valence-electron chi connectivity index (χ4n) is 3.48. The van der Waals surface area contributed by atoms with Gasteiger partial charge in [0.2, 0.25) is 0 Å². The van der Waals surface area contributed by atoms with Gasteiger partial charge in [0.05, 0.1) is 12.1 Å². The van der Waals surface area contributed by atoms with Crippen molar-refractivity contribution in [1.29, 1.82) is 0 Å². The molecule has 0 spiro atoms. The maximum atomic E-state index is 5.12. The first kappa shape index (κ1) is 14.5. The van der Waals surface area contributed by atoms with Crippen molar-refractivity contribution in [2.75, 3.05) is 20.3 Å². The molecular formula is C18H24N2O. The molecule has 0 saturated carbocycles. The Morgan fingerprint density at radius 3 is 2.90 bits per heavy atom. The summed E-state index contributed by atoms with van der Waals surface area (Å²) in [4.78, 5) is 4.93. The predicted octanol–water partition coefficient (Wildman–Crippen LogP) is 3.08. The minimum Gasteiger partial charge on any atom is -0.383 e. The van der Waals surface area contributed by atoms with E-state index in [2.05, 4.69) is 31.3 Å². The molecule has 0 atom stereocenters. The van der Waals surface area contributed by atoms with Crippen molar-refractivity contribution in [2.24, 2.45) is 0 Å². The molecule has 1 N–H and O–H groups in total. The van der Waals surface area contributed by atoms with Crippen LogP contribution in [0.5, 0.6) is 0 Å². The topological polar surface area (TPSA) is 34.1 Å². The third-order valence-electron chi connectivity index (χ3n) is 4.35. The number of fused-ring (bicyclic) bond motifs is 2. The molecule has 3 heteroatoms. The van der Waals surface area contributed by atoms with E-state index in [1.54, 1.807) is 7.11 Å². The van der Waals surface area contributed by atoms with E-state index in [9.17, 15) is 0 Å². The number of aromatic nitrogens is 1. The molecule has 0 aliphatic heterocycles. The summed E-state index contributed by atoms with van der Waals surface area (Å²) in [5, 5.41) is 4.87. The average Bonchev–Trinajstić information content (AvgIpc) is 2.90. The summed E-state index contributed by atoms with van der Waals surface area (Å²) < 4.78 is 5.12. The van der Waals surface area contributed by atoms with Gasteiger partial charge in [0.1, 0.15) is 0 Å². The lowest BCUT2D eigenvalue weighted by molar-refractivity contribution is 0.199. The van der Waals surface area contributed by atoms with Crippen molar-refractivity contribution >= 4 is 10.9 Å². The SMILES string of the molecule is COCCNCc1c2c(nc3cc(C)cc(C)c13)CCC2. The molecule has 1 aromatic heterocycles. The predicted molar refractivity (Wildman–Crippen MR) is 86.8 cm³/mol. The molecule has 3 rings (SSSR count). The number of pyridine rings is 1. The Morgan fingerprint density at radius 1 is 1.24 bits per heavy atom. The Labute approximate surface area is 126 Å². The largest absolute Gasteiger partial charge is 0.383 e. The van der Waals surface area contributed by atoms with Crippen LogP contribution in [0.1, 0.15) is 34.4 Å². The molecule has 0 saturated heterocycles. The van der Waals surface area contributed by atoms with Crippen LogP contribution in [0, 0.1) is 13.8 Å². The summed E-state index contributed by atoms with van der Waals surface area (Å²) in [7, 11) is 1.74. The molecule has 1 aliphatic rings. The lowest BCUT2D eigenvalue weighted by Gasteiger charge is -2.16. The highest BCUT2D eigenvalue weighted by Crippen LogP contribution is 2.32. The molecule has 0 bridgehead atoms. The van der Waals surface area contributed by atoms with Crippen LogP contribution in [0.2, 0.25) is 0 Å². The maximum absolute atomic E-state index is 5.12. The Morgan fingerprint density at radius 2 is 2.10 bits per heavy atom. The highest BCUT2D eigenvalue weighted by Gasteiger charge is 2.20. The van der Waals surface area contributed by atoms with Gasteiger partial charge in [-0.2, -0.15) is 0 Å². The van der Waals surface area contributed by atoms with Gasteiger partial charge in [-0.05, 0) is 61.4 Å². The van der Waals surface area contributed by atoms with Gasteiger partial charge >= 0.3 is 0 Å². The summed E-state index contributed by atoms with van der Waals surface area (Å²) in [6, 6.07) is 4.49. The standard InChI is InChI=1S/C18H24N2O/c1-12-9-13(2)18-15(11-19-7-8-21-3)14-5-4-6-16(14)20-17(18)10-12/h9-10,19H,4-8,11H2,1-3H3. The molecule has 0 amide bonds. The van der Waals surface area contributed by atoms with E-state index >= 15 is 0 Å². The van der Waals surface area contributed by atoms with Crippen molar-refractivity contribution in [3.8, 4) is 0 Å². The van der Waals surface area contributed by atoms with E-state index < -0.39 is 0 Å². The van der Waals surface area contributed by atoms with Crippen LogP contribution >= 0.6 is 0 Å². The van der Waals surface area contributed by atoms with E-state index in [1.165, 1.54) is 46.2 Å². The highest BCUT2D eigenvalue weighted by atomic mass is 16.5. The van der Waals surface area contributed by atoms with Crippen molar-refractivity contribution in [2.45, 2.75) is 39.7 Å². The van der Waals surface area contributed by atoms with Gasteiger partial charge in [0.15, 0.2) is 0 Å². The van der Waals surface area contributed by atoms with Gasteiger partial charge in [0.25, 0.3) is 0 Å². The van der Waals surface area contributed by atoms with Gasteiger partial charge < -0.3 is 10.1 Å². The lowest BCUT2D eigenvalue weighted by Crippen LogP contribution is -2.20. The smallest absolute Gasteiger partial charge is 0.0714 e. The molecule has 1 aliphatic carbocycles. The highest BCUT2D eigenvalue weighted by molar-refractivity contribution is 5.87. The molecular weight excluding hydrogens is 260 g/mol. The Balaban J connectivity index is 2.06. The van der Waals surface area contributed by atoms with Crippen LogP contribution in [0.3, 0.4) is 0 Å². The molecule has 0 unspecified atom stereocenters. The number of nitrogens with zero attached hydrogens (tertiary/aromatic N) is 1. The fourth-order valence-corrected chi connectivity index (χ4v) is 3.48. The summed E-state index contributed by atoms with van der Waals surface area (Å²) >= 11 is 0. The number of rotatable bonds is 5. The van der Waals surface area contributed by atoms with E-state index in [0.29, 0.717) is 0 Å². The Kier molecular flexibility index (Phi) is 4.22. The maximum Gasteiger partial charge on any atom is 0.0714 e. The first-order valence-corrected chi connectivity index (χ1v) is 7.82. The van der Waals surface area contributed by atoms with E-state index in [-0.39, 0.29) is 0 Å². The van der Waals surface area contributed by atoms with Gasteiger partial charge in [-0.3, -0.25) is 4.98 Å². The quantitative estimate of drug-likeness (QED) is 0.857. The van der Waals surface area contributed by atoms with Crippen molar-refractivity contribution in [3.63, 3.8) is 0 Å². The number of hydrogen-bond donors (Lipinski definition) is 1. The molecule has 112 valence electrons. The number of methoxy groups -OCH3 is 1. The first-order chi connectivity index (χ1) is 10.2. The van der Waals surface area contributed by atoms with Crippen LogP contribution < -0.4 is 5.32 Å². The van der Waals surface area contributed by atoms with Crippen LogP contribution in [0.25, 0.3) is 10.9 Å². The van der Waals surface area contributed by atoms with Crippen molar-refractivity contribution in [3.05, 3.63) is 40.1 Å². The number of ether oxygens (including phenoxy) is 1. The number of hydrogen-bond acceptors (Lipinski definition) is 3. The average molecular weight is 284 g/mol. The third-order valence-corrected chi connectivity index (χ3v) is 4.35. The molecule has 1 heterocycles. The summed E-state index contributed by atoms with van der Waals surface area (Å²) in [6.07, 6.45) is 3.54.